The highest BCUT2D eigenvalue weighted by Crippen LogP contribution is 2.39. The van der Waals surface area contributed by atoms with E-state index in [0.717, 1.165) is 16.9 Å². The number of hydrogen-bond acceptors (Lipinski definition) is 2. The molecule has 2 fully saturated rings. The van der Waals surface area contributed by atoms with E-state index in [1.165, 1.54) is 19.3 Å². The number of hydrogen-bond donors (Lipinski definition) is 2. The fourth-order valence-corrected chi connectivity index (χ4v) is 3.65. The maximum Gasteiger partial charge on any atom is 0.111 e. The van der Waals surface area contributed by atoms with Crippen LogP contribution < -0.4 is 5.32 Å². The number of H-pyrrole nitrogens is 1. The van der Waals surface area contributed by atoms with Crippen LogP contribution >= 0.6 is 23.2 Å². The first-order chi connectivity index (χ1) is 8.70. The Balaban J connectivity index is 1.77. The van der Waals surface area contributed by atoms with Crippen molar-refractivity contribution in [3.8, 4) is 0 Å². The fraction of sp³-hybridized carbons (Fsp3) is 0.462. The van der Waals surface area contributed by atoms with Gasteiger partial charge in [0, 0.05) is 18.0 Å². The van der Waals surface area contributed by atoms with Gasteiger partial charge in [-0.05, 0) is 31.4 Å². The molecule has 2 bridgehead atoms. The Hall–Kier alpha value is -0.770. The molecule has 18 heavy (non-hydrogen) atoms. The first-order valence-corrected chi connectivity index (χ1v) is 7.07. The van der Waals surface area contributed by atoms with Gasteiger partial charge in [-0.1, -0.05) is 23.2 Å². The smallest absolute Gasteiger partial charge is 0.111 e. The van der Waals surface area contributed by atoms with Crippen molar-refractivity contribution < 1.29 is 0 Å². The minimum Gasteiger partial charge on any atom is -0.342 e. The van der Waals surface area contributed by atoms with Gasteiger partial charge < -0.3 is 10.3 Å². The van der Waals surface area contributed by atoms with E-state index in [2.05, 4.69) is 15.3 Å². The van der Waals surface area contributed by atoms with E-state index in [4.69, 9.17) is 23.2 Å². The maximum atomic E-state index is 6.03. The Morgan fingerprint density at radius 1 is 1.17 bits per heavy atom. The minimum atomic E-state index is 0.508. The summed E-state index contributed by atoms with van der Waals surface area (Å²) < 4.78 is 0. The lowest BCUT2D eigenvalue weighted by Crippen LogP contribution is -2.22. The zero-order chi connectivity index (χ0) is 12.3. The highest BCUT2D eigenvalue weighted by molar-refractivity contribution is 6.42. The summed E-state index contributed by atoms with van der Waals surface area (Å²) in [4.78, 5) is 8.07. The topological polar surface area (TPSA) is 40.7 Å². The molecular formula is C13H13Cl2N3. The van der Waals surface area contributed by atoms with Crippen LogP contribution in [0.25, 0.3) is 11.0 Å². The number of benzene rings is 1. The van der Waals surface area contributed by atoms with E-state index in [1.54, 1.807) is 0 Å². The standard InChI is InChI=1S/C13H13Cl2N3/c14-8-4-11-12(5-9(8)15)18-13(17-11)7-3-6-1-2-10(7)16-6/h4-7,10,16H,1-3H2,(H,17,18). The summed E-state index contributed by atoms with van der Waals surface area (Å²) in [7, 11) is 0. The number of nitrogens with one attached hydrogen (secondary N) is 2. The summed E-state index contributed by atoms with van der Waals surface area (Å²) in [6.45, 7) is 0. The lowest BCUT2D eigenvalue weighted by Gasteiger charge is -2.17. The average molecular weight is 282 g/mol. The van der Waals surface area contributed by atoms with Crippen LogP contribution in [0.3, 0.4) is 0 Å². The molecule has 2 saturated heterocycles. The molecule has 5 heteroatoms. The molecule has 0 aliphatic carbocycles. The summed E-state index contributed by atoms with van der Waals surface area (Å²) in [6, 6.07) is 4.96. The van der Waals surface area contributed by atoms with Gasteiger partial charge in [-0.2, -0.15) is 0 Å². The second kappa shape index (κ2) is 3.86. The molecule has 0 amide bonds. The van der Waals surface area contributed by atoms with E-state index < -0.39 is 0 Å². The molecule has 94 valence electrons. The molecule has 3 unspecified atom stereocenters. The predicted octanol–water partition coefficient (Wildman–Crippen LogP) is 3.48. The summed E-state index contributed by atoms with van der Waals surface area (Å²) in [5.74, 6) is 1.58. The highest BCUT2D eigenvalue weighted by atomic mass is 35.5. The Bertz CT molecular complexity index is 583. The Morgan fingerprint density at radius 2 is 2.00 bits per heavy atom. The van der Waals surface area contributed by atoms with Crippen LogP contribution in [0.5, 0.6) is 0 Å². The van der Waals surface area contributed by atoms with Crippen LogP contribution in [0.4, 0.5) is 0 Å². The van der Waals surface area contributed by atoms with Gasteiger partial charge in [-0.3, -0.25) is 0 Å². The largest absolute Gasteiger partial charge is 0.342 e. The van der Waals surface area contributed by atoms with Crippen molar-refractivity contribution in [1.29, 1.82) is 0 Å². The average Bonchev–Trinajstić information content (AvgIpc) is 3.02. The molecule has 3 nitrogen and oxygen atoms in total. The van der Waals surface area contributed by atoms with Gasteiger partial charge in [0.05, 0.1) is 21.1 Å². The zero-order valence-electron chi connectivity index (χ0n) is 9.71. The number of aromatic nitrogens is 2. The van der Waals surface area contributed by atoms with Gasteiger partial charge in [0.1, 0.15) is 5.82 Å². The molecular weight excluding hydrogens is 269 g/mol. The van der Waals surface area contributed by atoms with Gasteiger partial charge in [0.15, 0.2) is 0 Å². The first kappa shape index (κ1) is 11.1. The Morgan fingerprint density at radius 3 is 2.72 bits per heavy atom. The minimum absolute atomic E-state index is 0.508. The molecule has 4 rings (SSSR count). The quantitative estimate of drug-likeness (QED) is 0.840. The molecule has 0 saturated carbocycles. The second-order valence-corrected chi connectivity index (χ2v) is 6.11. The molecule has 0 radical (unpaired) electrons. The summed E-state index contributed by atoms with van der Waals surface area (Å²) in [5.41, 5.74) is 1.88. The monoisotopic (exact) mass is 281 g/mol. The van der Waals surface area contributed by atoms with E-state index in [9.17, 15) is 0 Å². The van der Waals surface area contributed by atoms with Crippen LogP contribution in [0.15, 0.2) is 12.1 Å². The molecule has 2 aromatic rings. The normalized spacial score (nSPS) is 30.4. The van der Waals surface area contributed by atoms with Crippen molar-refractivity contribution in [2.45, 2.75) is 37.3 Å². The Kier molecular flexibility index (Phi) is 2.38. The van der Waals surface area contributed by atoms with E-state index in [-0.39, 0.29) is 0 Å². The number of aromatic amines is 1. The molecule has 2 aliphatic rings. The molecule has 1 aromatic carbocycles. The third kappa shape index (κ3) is 1.58. The Labute approximate surface area is 115 Å². The summed E-state index contributed by atoms with van der Waals surface area (Å²) in [6.07, 6.45) is 3.75. The van der Waals surface area contributed by atoms with Gasteiger partial charge >= 0.3 is 0 Å². The number of rotatable bonds is 1. The fourth-order valence-electron chi connectivity index (χ4n) is 3.33. The molecule has 2 N–H and O–H groups in total. The van der Waals surface area contributed by atoms with Crippen molar-refractivity contribution >= 4 is 34.2 Å². The van der Waals surface area contributed by atoms with Gasteiger partial charge in [0.2, 0.25) is 0 Å². The zero-order valence-corrected chi connectivity index (χ0v) is 11.2. The SMILES string of the molecule is Clc1cc2nc(C3CC4CCC3N4)[nH]c2cc1Cl. The number of imidazole rings is 1. The van der Waals surface area contributed by atoms with Crippen LogP contribution in [0.2, 0.25) is 10.0 Å². The lowest BCUT2D eigenvalue weighted by molar-refractivity contribution is 0.491. The van der Waals surface area contributed by atoms with E-state index >= 15 is 0 Å². The number of halogens is 2. The van der Waals surface area contributed by atoms with Gasteiger partial charge in [-0.25, -0.2) is 4.98 Å². The molecule has 0 spiro atoms. The third-order valence-electron chi connectivity index (χ3n) is 4.19. The number of fused-ring (bicyclic) bond motifs is 3. The first-order valence-electron chi connectivity index (χ1n) is 6.31. The summed E-state index contributed by atoms with van der Waals surface area (Å²) >= 11 is 12.0. The molecule has 1 aromatic heterocycles. The van der Waals surface area contributed by atoms with Gasteiger partial charge in [-0.15, -0.1) is 0 Å². The van der Waals surface area contributed by atoms with Crippen LogP contribution in [-0.4, -0.2) is 22.1 Å². The predicted molar refractivity (Wildman–Crippen MR) is 73.4 cm³/mol. The third-order valence-corrected chi connectivity index (χ3v) is 4.92. The number of nitrogens with zero attached hydrogens (tertiary/aromatic N) is 1. The van der Waals surface area contributed by atoms with Crippen molar-refractivity contribution in [3.05, 3.63) is 28.0 Å². The van der Waals surface area contributed by atoms with E-state index in [0.29, 0.717) is 28.0 Å². The van der Waals surface area contributed by atoms with Crippen LogP contribution in [0.1, 0.15) is 31.0 Å². The van der Waals surface area contributed by atoms with Crippen LogP contribution in [0, 0.1) is 0 Å². The van der Waals surface area contributed by atoms with Gasteiger partial charge in [0.25, 0.3) is 0 Å². The molecule has 3 atom stereocenters. The van der Waals surface area contributed by atoms with Crippen molar-refractivity contribution in [1.82, 2.24) is 15.3 Å². The highest BCUT2D eigenvalue weighted by Gasteiger charge is 2.41. The van der Waals surface area contributed by atoms with Crippen molar-refractivity contribution in [2.24, 2.45) is 0 Å². The molecule has 2 aliphatic heterocycles. The summed E-state index contributed by atoms with van der Waals surface area (Å²) in [5, 5.41) is 4.77. The maximum absolute atomic E-state index is 6.03. The lowest BCUT2D eigenvalue weighted by atomic mass is 9.89. The second-order valence-electron chi connectivity index (χ2n) is 5.30. The van der Waals surface area contributed by atoms with Crippen molar-refractivity contribution in [2.75, 3.05) is 0 Å². The van der Waals surface area contributed by atoms with Crippen molar-refractivity contribution in [3.63, 3.8) is 0 Å². The molecule has 3 heterocycles. The van der Waals surface area contributed by atoms with Crippen LogP contribution in [-0.2, 0) is 0 Å². The van der Waals surface area contributed by atoms with E-state index in [1.807, 2.05) is 12.1 Å².